The van der Waals surface area contributed by atoms with Crippen molar-refractivity contribution in [2.75, 3.05) is 20.7 Å². The van der Waals surface area contributed by atoms with Crippen LogP contribution >= 0.6 is 15.9 Å². The molecule has 5 heteroatoms. The normalized spacial score (nSPS) is 10.5. The third kappa shape index (κ3) is 2.22. The smallest absolute Gasteiger partial charge is 0.236 e. The number of hydrogen-bond acceptors (Lipinski definition) is 3. The molecule has 0 unspecified atom stereocenters. The van der Waals surface area contributed by atoms with E-state index in [-0.39, 0.29) is 0 Å². The topological polar surface area (TPSA) is 39.1 Å². The highest BCUT2D eigenvalue weighted by atomic mass is 79.9. The number of aromatic nitrogens is 2. The molecule has 0 aromatic carbocycles. The molecule has 0 fully saturated rings. The second-order valence-electron chi connectivity index (χ2n) is 2.76. The molecule has 1 rings (SSSR count). The number of methoxy groups -OCH3 is 1. The van der Waals surface area contributed by atoms with Gasteiger partial charge in [-0.25, -0.2) is 0 Å². The van der Waals surface area contributed by atoms with Crippen LogP contribution < -0.4 is 10.1 Å². The van der Waals surface area contributed by atoms with E-state index in [1.807, 2.05) is 14.1 Å². The number of halogens is 1. The average Bonchev–Trinajstić information content (AvgIpc) is 2.40. The molecular weight excluding hydrogens is 234 g/mol. The Balaban J connectivity index is 2.88. The van der Waals surface area contributed by atoms with E-state index in [0.29, 0.717) is 5.88 Å². The molecule has 1 aromatic rings. The molecule has 0 atom stereocenters. The summed E-state index contributed by atoms with van der Waals surface area (Å²) in [6.45, 7) is 0.917. The molecule has 4 nitrogen and oxygen atoms in total. The summed E-state index contributed by atoms with van der Waals surface area (Å²) in [6.07, 6.45) is 0.911. The highest BCUT2D eigenvalue weighted by Gasteiger charge is 2.13. The minimum Gasteiger partial charge on any atom is -0.480 e. The standard InChI is InChI=1S/C8H14BrN3O/c1-10-5-4-6-7(9)12(2)11-8(6)13-3/h10H,4-5H2,1-3H3. The molecular formula is C8H14BrN3O. The van der Waals surface area contributed by atoms with Gasteiger partial charge in [0.25, 0.3) is 0 Å². The van der Waals surface area contributed by atoms with Crippen molar-refractivity contribution in [2.24, 2.45) is 7.05 Å². The zero-order valence-electron chi connectivity index (χ0n) is 8.09. The van der Waals surface area contributed by atoms with Crippen LogP contribution in [0.15, 0.2) is 4.60 Å². The molecule has 13 heavy (non-hydrogen) atoms. The van der Waals surface area contributed by atoms with Gasteiger partial charge in [-0.15, -0.1) is 5.10 Å². The van der Waals surface area contributed by atoms with Crippen molar-refractivity contribution in [1.82, 2.24) is 15.1 Å². The quantitative estimate of drug-likeness (QED) is 0.862. The van der Waals surface area contributed by atoms with Gasteiger partial charge in [0, 0.05) is 12.6 Å². The predicted octanol–water partition coefficient (Wildman–Crippen LogP) is 0.953. The summed E-state index contributed by atoms with van der Waals surface area (Å²) in [4.78, 5) is 0. The number of ether oxygens (including phenoxy) is 1. The van der Waals surface area contributed by atoms with Gasteiger partial charge in [0.15, 0.2) is 0 Å². The van der Waals surface area contributed by atoms with Crippen molar-refractivity contribution < 1.29 is 4.74 Å². The lowest BCUT2D eigenvalue weighted by Crippen LogP contribution is -2.10. The summed E-state index contributed by atoms with van der Waals surface area (Å²) in [5.74, 6) is 0.699. The van der Waals surface area contributed by atoms with E-state index < -0.39 is 0 Å². The summed E-state index contributed by atoms with van der Waals surface area (Å²) >= 11 is 3.46. The zero-order valence-corrected chi connectivity index (χ0v) is 9.68. The Morgan fingerprint density at radius 3 is 2.85 bits per heavy atom. The van der Waals surface area contributed by atoms with Crippen molar-refractivity contribution in [3.8, 4) is 5.88 Å². The molecule has 0 amide bonds. The lowest BCUT2D eigenvalue weighted by molar-refractivity contribution is 0.387. The molecule has 0 saturated heterocycles. The summed E-state index contributed by atoms with van der Waals surface area (Å²) in [7, 11) is 5.45. The first-order chi connectivity index (χ1) is 6.20. The molecule has 1 N–H and O–H groups in total. The van der Waals surface area contributed by atoms with Crippen LogP contribution in [0.3, 0.4) is 0 Å². The first kappa shape index (κ1) is 10.5. The molecule has 0 aliphatic carbocycles. The van der Waals surface area contributed by atoms with E-state index in [0.717, 1.165) is 23.1 Å². The Morgan fingerprint density at radius 1 is 1.62 bits per heavy atom. The van der Waals surface area contributed by atoms with Crippen LogP contribution in [0.5, 0.6) is 5.88 Å². The highest BCUT2D eigenvalue weighted by Crippen LogP contribution is 2.25. The predicted molar refractivity (Wildman–Crippen MR) is 55.1 cm³/mol. The fourth-order valence-electron chi connectivity index (χ4n) is 1.15. The van der Waals surface area contributed by atoms with Crippen molar-refractivity contribution in [1.29, 1.82) is 0 Å². The summed E-state index contributed by atoms with van der Waals surface area (Å²) in [6, 6.07) is 0. The van der Waals surface area contributed by atoms with Crippen LogP contribution in [-0.2, 0) is 13.5 Å². The van der Waals surface area contributed by atoms with Crippen LogP contribution in [0.25, 0.3) is 0 Å². The molecule has 0 bridgehead atoms. The van der Waals surface area contributed by atoms with E-state index in [1.165, 1.54) is 0 Å². The van der Waals surface area contributed by atoms with Crippen LogP contribution in [-0.4, -0.2) is 30.5 Å². The van der Waals surface area contributed by atoms with Gasteiger partial charge < -0.3 is 10.1 Å². The average molecular weight is 248 g/mol. The number of aryl methyl sites for hydroxylation is 1. The van der Waals surface area contributed by atoms with Gasteiger partial charge in [0.05, 0.1) is 7.11 Å². The molecule has 0 radical (unpaired) electrons. The Bertz CT molecular complexity index is 285. The van der Waals surface area contributed by atoms with Crippen LogP contribution in [0.2, 0.25) is 0 Å². The van der Waals surface area contributed by atoms with E-state index >= 15 is 0 Å². The first-order valence-corrected chi connectivity index (χ1v) is 4.90. The van der Waals surface area contributed by atoms with Crippen LogP contribution in [0.4, 0.5) is 0 Å². The van der Waals surface area contributed by atoms with Crippen LogP contribution in [0, 0.1) is 0 Å². The Labute approximate surface area is 86.4 Å². The number of likely N-dealkylation sites (N-methyl/N-ethyl adjacent to an activating group) is 1. The highest BCUT2D eigenvalue weighted by molar-refractivity contribution is 9.10. The van der Waals surface area contributed by atoms with Crippen LogP contribution in [0.1, 0.15) is 5.56 Å². The van der Waals surface area contributed by atoms with Gasteiger partial charge in [-0.1, -0.05) is 0 Å². The van der Waals surface area contributed by atoms with Crippen molar-refractivity contribution in [3.63, 3.8) is 0 Å². The monoisotopic (exact) mass is 247 g/mol. The molecule has 1 heterocycles. The third-order valence-electron chi connectivity index (χ3n) is 1.85. The lowest BCUT2D eigenvalue weighted by Gasteiger charge is -2.00. The van der Waals surface area contributed by atoms with E-state index in [1.54, 1.807) is 11.8 Å². The third-order valence-corrected chi connectivity index (χ3v) is 2.84. The SMILES string of the molecule is CNCCc1c(OC)nn(C)c1Br. The van der Waals surface area contributed by atoms with Gasteiger partial charge in [-0.3, -0.25) is 4.68 Å². The number of nitrogens with one attached hydrogen (secondary N) is 1. The van der Waals surface area contributed by atoms with Gasteiger partial charge in [0.1, 0.15) is 4.60 Å². The summed E-state index contributed by atoms with van der Waals surface area (Å²) in [5, 5.41) is 7.29. The van der Waals surface area contributed by atoms with Gasteiger partial charge in [0.2, 0.25) is 5.88 Å². The minimum absolute atomic E-state index is 0.699. The van der Waals surface area contributed by atoms with Gasteiger partial charge in [-0.2, -0.15) is 0 Å². The lowest BCUT2D eigenvalue weighted by atomic mass is 10.2. The van der Waals surface area contributed by atoms with Crippen molar-refractivity contribution >= 4 is 15.9 Å². The van der Waals surface area contributed by atoms with E-state index in [9.17, 15) is 0 Å². The Kier molecular flexibility index (Phi) is 3.74. The molecule has 0 spiro atoms. The van der Waals surface area contributed by atoms with Gasteiger partial charge in [-0.05, 0) is 35.9 Å². The maximum absolute atomic E-state index is 5.15. The maximum atomic E-state index is 5.15. The second kappa shape index (κ2) is 4.62. The van der Waals surface area contributed by atoms with E-state index in [2.05, 4.69) is 26.3 Å². The molecule has 74 valence electrons. The maximum Gasteiger partial charge on any atom is 0.236 e. The van der Waals surface area contributed by atoms with Crippen molar-refractivity contribution in [2.45, 2.75) is 6.42 Å². The number of hydrogen-bond donors (Lipinski definition) is 1. The Morgan fingerprint density at radius 2 is 2.31 bits per heavy atom. The van der Waals surface area contributed by atoms with Crippen molar-refractivity contribution in [3.05, 3.63) is 10.2 Å². The summed E-state index contributed by atoms with van der Waals surface area (Å²) < 4.78 is 7.91. The molecule has 0 aliphatic heterocycles. The van der Waals surface area contributed by atoms with Gasteiger partial charge >= 0.3 is 0 Å². The summed E-state index contributed by atoms with van der Waals surface area (Å²) in [5.41, 5.74) is 1.11. The molecule has 0 aliphatic rings. The largest absolute Gasteiger partial charge is 0.480 e. The molecule has 1 aromatic heterocycles. The second-order valence-corrected chi connectivity index (χ2v) is 3.51. The Hall–Kier alpha value is -0.550. The van der Waals surface area contributed by atoms with E-state index in [4.69, 9.17) is 4.74 Å². The number of nitrogens with zero attached hydrogens (tertiary/aromatic N) is 2. The molecule has 0 saturated carbocycles. The fraction of sp³-hybridized carbons (Fsp3) is 0.625. The fourth-order valence-corrected chi connectivity index (χ4v) is 1.60. The number of rotatable bonds is 4. The minimum atomic E-state index is 0.699. The zero-order chi connectivity index (χ0) is 9.84. The first-order valence-electron chi connectivity index (χ1n) is 4.10.